The van der Waals surface area contributed by atoms with Crippen LogP contribution in [-0.4, -0.2) is 50.8 Å². The SMILES string of the molecule is Cc1nc2sc(C(C)(C)O)nn2c1C1C=C(S(=O)(=O)CC(C)(C)O)C(C(F)(F)F)=CC1. The van der Waals surface area contributed by atoms with Gasteiger partial charge in [-0.3, -0.25) is 0 Å². The maximum Gasteiger partial charge on any atom is 0.417 e. The molecule has 1 atom stereocenters. The Morgan fingerprint density at radius 1 is 1.23 bits per heavy atom. The lowest BCUT2D eigenvalue weighted by atomic mass is 9.92. The summed E-state index contributed by atoms with van der Waals surface area (Å²) in [5.41, 5.74) is -3.22. The van der Waals surface area contributed by atoms with Crippen molar-refractivity contribution in [3.63, 3.8) is 0 Å². The topological polar surface area (TPSA) is 105 Å². The van der Waals surface area contributed by atoms with Crippen LogP contribution in [0.3, 0.4) is 0 Å². The van der Waals surface area contributed by atoms with Gasteiger partial charge in [-0.15, -0.1) is 0 Å². The number of aliphatic hydroxyl groups is 2. The van der Waals surface area contributed by atoms with Gasteiger partial charge in [-0.05, 0) is 41.0 Å². The van der Waals surface area contributed by atoms with Gasteiger partial charge in [0.1, 0.15) is 10.6 Å². The first-order valence-corrected chi connectivity index (χ1v) is 11.9. The third-order valence-corrected chi connectivity index (χ3v) is 8.01. The molecule has 3 rings (SSSR count). The molecule has 0 saturated heterocycles. The summed E-state index contributed by atoms with van der Waals surface area (Å²) in [6, 6.07) is 0. The summed E-state index contributed by atoms with van der Waals surface area (Å²) in [7, 11) is -4.45. The van der Waals surface area contributed by atoms with Gasteiger partial charge in [0, 0.05) is 5.92 Å². The number of aryl methyl sites for hydroxylation is 1. The van der Waals surface area contributed by atoms with Crippen LogP contribution in [-0.2, 0) is 15.4 Å². The van der Waals surface area contributed by atoms with Crippen LogP contribution in [0.15, 0.2) is 22.6 Å². The van der Waals surface area contributed by atoms with Crippen LogP contribution in [0.4, 0.5) is 13.2 Å². The van der Waals surface area contributed by atoms with E-state index in [2.05, 4.69) is 10.1 Å². The van der Waals surface area contributed by atoms with Gasteiger partial charge in [-0.1, -0.05) is 23.5 Å². The van der Waals surface area contributed by atoms with E-state index in [1.54, 1.807) is 20.8 Å². The van der Waals surface area contributed by atoms with E-state index >= 15 is 0 Å². The number of alkyl halides is 3. The first-order chi connectivity index (χ1) is 13.9. The monoisotopic (exact) mass is 479 g/mol. The molecule has 0 spiro atoms. The highest BCUT2D eigenvalue weighted by Gasteiger charge is 2.44. The van der Waals surface area contributed by atoms with Gasteiger partial charge in [0.05, 0.1) is 33.2 Å². The zero-order valence-electron chi connectivity index (χ0n) is 17.6. The minimum absolute atomic E-state index is 0.0968. The molecule has 2 N–H and O–H groups in total. The van der Waals surface area contributed by atoms with E-state index in [0.717, 1.165) is 23.5 Å². The van der Waals surface area contributed by atoms with Gasteiger partial charge in [0.2, 0.25) is 4.96 Å². The minimum atomic E-state index is -4.86. The first-order valence-electron chi connectivity index (χ1n) is 9.44. The molecular weight excluding hydrogens is 455 g/mol. The minimum Gasteiger partial charge on any atom is -0.389 e. The van der Waals surface area contributed by atoms with Gasteiger partial charge < -0.3 is 10.2 Å². The third kappa shape index (κ3) is 4.86. The largest absolute Gasteiger partial charge is 0.417 e. The number of sulfone groups is 1. The van der Waals surface area contributed by atoms with Gasteiger partial charge in [0.15, 0.2) is 9.84 Å². The number of aromatic nitrogens is 3. The number of fused-ring (bicyclic) bond motifs is 1. The van der Waals surface area contributed by atoms with Crippen LogP contribution in [0.2, 0.25) is 0 Å². The second kappa shape index (κ2) is 7.39. The molecule has 0 aliphatic heterocycles. The third-order valence-electron chi connectivity index (χ3n) is 4.67. The van der Waals surface area contributed by atoms with E-state index in [9.17, 15) is 31.8 Å². The molecule has 1 unspecified atom stereocenters. The summed E-state index contributed by atoms with van der Waals surface area (Å²) < 4.78 is 67.9. The van der Waals surface area contributed by atoms with Gasteiger partial charge in [-0.2, -0.15) is 18.3 Å². The number of rotatable bonds is 5. The lowest BCUT2D eigenvalue weighted by molar-refractivity contribution is -0.0892. The molecule has 7 nitrogen and oxygen atoms in total. The Morgan fingerprint density at radius 3 is 2.35 bits per heavy atom. The van der Waals surface area contributed by atoms with Crippen molar-refractivity contribution in [1.29, 1.82) is 0 Å². The normalized spacial score (nSPS) is 19.0. The Balaban J connectivity index is 2.16. The second-order valence-electron chi connectivity index (χ2n) is 8.80. The molecule has 2 aromatic heterocycles. The zero-order chi connectivity index (χ0) is 23.6. The number of halogens is 3. The second-order valence-corrected chi connectivity index (χ2v) is 11.7. The smallest absolute Gasteiger partial charge is 0.389 e. The van der Waals surface area contributed by atoms with Crippen molar-refractivity contribution in [2.24, 2.45) is 0 Å². The highest BCUT2D eigenvalue weighted by Crippen LogP contribution is 2.42. The van der Waals surface area contributed by atoms with Gasteiger partial charge in [0.25, 0.3) is 0 Å². The van der Waals surface area contributed by atoms with E-state index in [4.69, 9.17) is 0 Å². The van der Waals surface area contributed by atoms with Crippen LogP contribution in [0.25, 0.3) is 4.96 Å². The fourth-order valence-electron chi connectivity index (χ4n) is 3.48. The molecule has 0 amide bonds. The maximum absolute atomic E-state index is 13.6. The number of imidazole rings is 1. The summed E-state index contributed by atoms with van der Waals surface area (Å²) in [6.07, 6.45) is -3.02. The van der Waals surface area contributed by atoms with Gasteiger partial charge in [-0.25, -0.2) is 17.9 Å². The van der Waals surface area contributed by atoms with Crippen LogP contribution < -0.4 is 0 Å². The van der Waals surface area contributed by atoms with Crippen LogP contribution in [0.1, 0.15) is 56.4 Å². The number of nitrogens with zero attached hydrogens (tertiary/aromatic N) is 3. The van der Waals surface area contributed by atoms with Crippen molar-refractivity contribution < 1.29 is 31.8 Å². The summed E-state index contributed by atoms with van der Waals surface area (Å²) in [5, 5.41) is 24.9. The highest BCUT2D eigenvalue weighted by atomic mass is 32.2. The Hall–Kier alpha value is -1.76. The van der Waals surface area contributed by atoms with E-state index < -0.39 is 49.4 Å². The van der Waals surface area contributed by atoms with Crippen LogP contribution in [0, 0.1) is 6.92 Å². The molecule has 0 saturated carbocycles. The average Bonchev–Trinajstić information content (AvgIpc) is 3.07. The molecule has 2 heterocycles. The van der Waals surface area contributed by atoms with Crippen molar-refractivity contribution in [2.45, 2.75) is 64.3 Å². The molecular formula is C19H24F3N3O4S2. The quantitative estimate of drug-likeness (QED) is 0.681. The molecule has 0 aromatic carbocycles. The molecule has 172 valence electrons. The molecule has 2 aromatic rings. The van der Waals surface area contributed by atoms with Crippen molar-refractivity contribution >= 4 is 26.1 Å². The zero-order valence-corrected chi connectivity index (χ0v) is 19.3. The fourth-order valence-corrected chi connectivity index (χ4v) is 6.43. The fraction of sp³-hybridized carbons (Fsp3) is 0.579. The maximum atomic E-state index is 13.6. The lowest BCUT2D eigenvalue weighted by Gasteiger charge is -2.25. The van der Waals surface area contributed by atoms with Crippen molar-refractivity contribution in [2.75, 3.05) is 5.75 Å². The predicted octanol–water partition coefficient (Wildman–Crippen LogP) is 3.37. The van der Waals surface area contributed by atoms with Crippen LogP contribution >= 0.6 is 11.3 Å². The highest BCUT2D eigenvalue weighted by molar-refractivity contribution is 7.95. The predicted molar refractivity (Wildman–Crippen MR) is 111 cm³/mol. The van der Waals surface area contributed by atoms with E-state index in [-0.39, 0.29) is 6.42 Å². The van der Waals surface area contributed by atoms with E-state index in [0.29, 0.717) is 21.4 Å². The molecule has 1 aliphatic rings. The molecule has 12 heteroatoms. The Labute approximate surface area is 181 Å². The molecule has 0 fully saturated rings. The van der Waals surface area contributed by atoms with Crippen LogP contribution in [0.5, 0.6) is 0 Å². The summed E-state index contributed by atoms with van der Waals surface area (Å²) in [4.78, 5) is 3.98. The molecule has 1 aliphatic carbocycles. The number of hydrogen-bond acceptors (Lipinski definition) is 7. The Morgan fingerprint density at radius 2 is 1.84 bits per heavy atom. The average molecular weight is 480 g/mol. The summed E-state index contributed by atoms with van der Waals surface area (Å²) in [5.74, 6) is -1.59. The standard InChI is InChI=1S/C19H24F3N3O4S2/c1-10-14(25-16(23-10)30-15(24-25)18(4,5)27)11-6-7-12(19(20,21)22)13(8-11)31(28,29)9-17(2,3)26/h7-8,11,26-27H,6,9H2,1-5H3. The van der Waals surface area contributed by atoms with Crippen molar-refractivity contribution in [1.82, 2.24) is 14.6 Å². The Bertz CT molecular complexity index is 1180. The Kier molecular flexibility index (Phi) is 5.70. The van der Waals surface area contributed by atoms with Gasteiger partial charge >= 0.3 is 6.18 Å². The van der Waals surface area contributed by atoms with Crippen molar-refractivity contribution in [3.8, 4) is 0 Å². The number of hydrogen-bond donors (Lipinski definition) is 2. The summed E-state index contributed by atoms with van der Waals surface area (Å²) >= 11 is 1.15. The first kappa shape index (κ1) is 23.9. The lowest BCUT2D eigenvalue weighted by Crippen LogP contribution is -2.33. The molecule has 31 heavy (non-hydrogen) atoms. The van der Waals surface area contributed by atoms with E-state index in [1.807, 2.05) is 0 Å². The molecule has 0 bridgehead atoms. The molecule has 0 radical (unpaired) electrons. The van der Waals surface area contributed by atoms with E-state index in [1.165, 1.54) is 18.4 Å². The van der Waals surface area contributed by atoms with Crippen molar-refractivity contribution in [3.05, 3.63) is 39.0 Å². The summed E-state index contributed by atoms with van der Waals surface area (Å²) in [6.45, 7) is 7.22. The number of allylic oxidation sites excluding steroid dienone is 3.